The van der Waals surface area contributed by atoms with E-state index in [1.807, 2.05) is 6.07 Å². The minimum Gasteiger partial charge on any atom is -0.508 e. The number of ether oxygens (including phenoxy) is 1. The van der Waals surface area contributed by atoms with Gasteiger partial charge < -0.3 is 9.84 Å². The van der Waals surface area contributed by atoms with Gasteiger partial charge in [-0.05, 0) is 42.0 Å². The van der Waals surface area contributed by atoms with Crippen molar-refractivity contribution in [1.29, 1.82) is 0 Å². The number of allylic oxidation sites excluding steroid dienone is 4. The van der Waals surface area contributed by atoms with Crippen molar-refractivity contribution < 1.29 is 9.84 Å². The lowest BCUT2D eigenvalue weighted by Gasteiger charge is -2.27. The van der Waals surface area contributed by atoms with E-state index < -0.39 is 0 Å². The molecule has 0 heterocycles. The van der Waals surface area contributed by atoms with Crippen LogP contribution in [0, 0.1) is 5.41 Å². The minimum absolute atomic E-state index is 0.0819. The third-order valence-corrected chi connectivity index (χ3v) is 3.21. The fraction of sp³-hybridized carbons (Fsp3) is 0.333. The average molecular weight is 230 g/mol. The molecule has 0 radical (unpaired) electrons. The molecule has 0 saturated carbocycles. The Morgan fingerprint density at radius 1 is 1.35 bits per heavy atom. The molecule has 90 valence electrons. The van der Waals surface area contributed by atoms with Gasteiger partial charge in [0.25, 0.3) is 0 Å². The number of phenols is 1. The van der Waals surface area contributed by atoms with Crippen molar-refractivity contribution in [2.24, 2.45) is 5.41 Å². The van der Waals surface area contributed by atoms with E-state index in [1.165, 1.54) is 0 Å². The third-order valence-electron chi connectivity index (χ3n) is 3.21. The van der Waals surface area contributed by atoms with Crippen LogP contribution in [-0.2, 0) is 6.42 Å². The number of benzene rings is 1. The zero-order valence-electron chi connectivity index (χ0n) is 10.3. The maximum Gasteiger partial charge on any atom is 0.119 e. The van der Waals surface area contributed by atoms with Gasteiger partial charge in [0.05, 0.1) is 7.11 Å². The summed E-state index contributed by atoms with van der Waals surface area (Å²) in [5.41, 5.74) is 1.02. The normalized spacial score (nSPS) is 22.7. The Bertz CT molecular complexity index is 460. The second-order valence-electron chi connectivity index (χ2n) is 4.82. The maximum atomic E-state index is 9.88. The van der Waals surface area contributed by atoms with Gasteiger partial charge in [-0.2, -0.15) is 0 Å². The highest BCUT2D eigenvalue weighted by Gasteiger charge is 2.23. The summed E-state index contributed by atoms with van der Waals surface area (Å²) in [6.45, 7) is 2.20. The molecule has 0 bridgehead atoms. The van der Waals surface area contributed by atoms with E-state index in [0.29, 0.717) is 5.75 Å². The van der Waals surface area contributed by atoms with E-state index >= 15 is 0 Å². The third kappa shape index (κ3) is 2.70. The summed E-state index contributed by atoms with van der Waals surface area (Å²) in [6.07, 6.45) is 10.3. The van der Waals surface area contributed by atoms with E-state index in [4.69, 9.17) is 4.74 Å². The van der Waals surface area contributed by atoms with Crippen LogP contribution in [0.5, 0.6) is 11.5 Å². The Morgan fingerprint density at radius 2 is 2.18 bits per heavy atom. The van der Waals surface area contributed by atoms with Crippen LogP contribution in [0.15, 0.2) is 42.5 Å². The average Bonchev–Trinajstić information content (AvgIpc) is 2.33. The number of methoxy groups -OCH3 is 1. The van der Waals surface area contributed by atoms with Gasteiger partial charge in [0.2, 0.25) is 0 Å². The zero-order chi connectivity index (χ0) is 12.3. The van der Waals surface area contributed by atoms with Crippen molar-refractivity contribution in [2.75, 3.05) is 7.11 Å². The highest BCUT2D eigenvalue weighted by Crippen LogP contribution is 2.35. The van der Waals surface area contributed by atoms with Crippen LogP contribution in [0.2, 0.25) is 0 Å². The fourth-order valence-electron chi connectivity index (χ4n) is 2.17. The molecule has 0 amide bonds. The van der Waals surface area contributed by atoms with Crippen molar-refractivity contribution in [1.82, 2.24) is 0 Å². The van der Waals surface area contributed by atoms with Crippen LogP contribution < -0.4 is 4.74 Å². The van der Waals surface area contributed by atoms with E-state index in [9.17, 15) is 5.11 Å². The van der Waals surface area contributed by atoms with Crippen LogP contribution in [0.1, 0.15) is 18.9 Å². The Morgan fingerprint density at radius 3 is 2.82 bits per heavy atom. The Hall–Kier alpha value is -1.70. The molecule has 1 aliphatic carbocycles. The summed E-state index contributed by atoms with van der Waals surface area (Å²) < 4.78 is 5.19. The van der Waals surface area contributed by atoms with Gasteiger partial charge in [0.15, 0.2) is 0 Å². The Labute approximate surface area is 102 Å². The predicted molar refractivity (Wildman–Crippen MR) is 69.4 cm³/mol. The molecular weight excluding hydrogens is 212 g/mol. The molecule has 2 heteroatoms. The first kappa shape index (κ1) is 11.8. The number of hydrogen-bond acceptors (Lipinski definition) is 2. The predicted octanol–water partition coefficient (Wildman–Crippen LogP) is 3.47. The maximum absolute atomic E-state index is 9.88. The smallest absolute Gasteiger partial charge is 0.119 e. The molecule has 0 fully saturated rings. The lowest BCUT2D eigenvalue weighted by atomic mass is 9.78. The Balaban J connectivity index is 2.23. The fourth-order valence-corrected chi connectivity index (χ4v) is 2.17. The van der Waals surface area contributed by atoms with Crippen molar-refractivity contribution in [3.8, 4) is 11.5 Å². The molecule has 0 aliphatic heterocycles. The molecular formula is C15H18O2. The molecule has 2 nitrogen and oxygen atoms in total. The second-order valence-corrected chi connectivity index (χ2v) is 4.82. The van der Waals surface area contributed by atoms with Gasteiger partial charge in [-0.15, -0.1) is 0 Å². The summed E-state index contributed by atoms with van der Waals surface area (Å²) in [7, 11) is 1.64. The van der Waals surface area contributed by atoms with Crippen LogP contribution in [0.3, 0.4) is 0 Å². The van der Waals surface area contributed by atoms with Crippen molar-refractivity contribution in [2.45, 2.75) is 19.8 Å². The Kier molecular flexibility index (Phi) is 3.23. The van der Waals surface area contributed by atoms with Crippen LogP contribution >= 0.6 is 0 Å². The topological polar surface area (TPSA) is 29.5 Å². The molecule has 1 aliphatic rings. The second kappa shape index (κ2) is 4.66. The quantitative estimate of drug-likeness (QED) is 0.861. The first-order chi connectivity index (χ1) is 8.13. The van der Waals surface area contributed by atoms with Gasteiger partial charge in [-0.3, -0.25) is 0 Å². The van der Waals surface area contributed by atoms with E-state index in [0.717, 1.165) is 24.2 Å². The lowest BCUT2D eigenvalue weighted by molar-refractivity contribution is 0.395. The van der Waals surface area contributed by atoms with E-state index in [-0.39, 0.29) is 5.41 Å². The van der Waals surface area contributed by atoms with Gasteiger partial charge in [0.1, 0.15) is 11.5 Å². The van der Waals surface area contributed by atoms with Crippen molar-refractivity contribution in [3.05, 3.63) is 48.1 Å². The summed E-state index contributed by atoms with van der Waals surface area (Å²) in [6, 6.07) is 5.38. The summed E-state index contributed by atoms with van der Waals surface area (Å²) in [4.78, 5) is 0. The van der Waals surface area contributed by atoms with E-state index in [2.05, 4.69) is 31.2 Å². The summed E-state index contributed by atoms with van der Waals surface area (Å²) in [5.74, 6) is 1.13. The standard InChI is InChI=1S/C15H18O2/c1-15(8-4-3-5-9-15)11-12-10-13(17-2)6-7-14(12)16/h3-8,10,16H,9,11H2,1-2H3. The highest BCUT2D eigenvalue weighted by atomic mass is 16.5. The number of hydrogen-bond donors (Lipinski definition) is 1. The van der Waals surface area contributed by atoms with Crippen molar-refractivity contribution >= 4 is 0 Å². The first-order valence-corrected chi connectivity index (χ1v) is 5.83. The number of aromatic hydroxyl groups is 1. The molecule has 1 aromatic carbocycles. The molecule has 0 aromatic heterocycles. The molecule has 17 heavy (non-hydrogen) atoms. The van der Waals surface area contributed by atoms with Gasteiger partial charge in [0, 0.05) is 0 Å². The summed E-state index contributed by atoms with van der Waals surface area (Å²) >= 11 is 0. The molecule has 1 unspecified atom stereocenters. The monoisotopic (exact) mass is 230 g/mol. The molecule has 1 N–H and O–H groups in total. The number of phenolic OH excluding ortho intramolecular Hbond substituents is 1. The van der Waals surface area contributed by atoms with Gasteiger partial charge in [-0.25, -0.2) is 0 Å². The van der Waals surface area contributed by atoms with Crippen LogP contribution in [0.25, 0.3) is 0 Å². The highest BCUT2D eigenvalue weighted by molar-refractivity contribution is 5.40. The van der Waals surface area contributed by atoms with Gasteiger partial charge >= 0.3 is 0 Å². The lowest BCUT2D eigenvalue weighted by Crippen LogP contribution is -2.17. The molecule has 1 aromatic rings. The van der Waals surface area contributed by atoms with E-state index in [1.54, 1.807) is 19.2 Å². The molecule has 0 spiro atoms. The first-order valence-electron chi connectivity index (χ1n) is 5.83. The van der Waals surface area contributed by atoms with Gasteiger partial charge in [-0.1, -0.05) is 31.2 Å². The zero-order valence-corrected chi connectivity index (χ0v) is 10.3. The molecule has 1 atom stereocenters. The minimum atomic E-state index is 0.0819. The van der Waals surface area contributed by atoms with Crippen LogP contribution in [0.4, 0.5) is 0 Å². The number of rotatable bonds is 3. The SMILES string of the molecule is COc1ccc(O)c(CC2(C)C=CC=CC2)c1. The van der Waals surface area contributed by atoms with Crippen molar-refractivity contribution in [3.63, 3.8) is 0 Å². The molecule has 2 rings (SSSR count). The summed E-state index contributed by atoms with van der Waals surface area (Å²) in [5, 5.41) is 9.88. The largest absolute Gasteiger partial charge is 0.508 e. The molecule has 0 saturated heterocycles. The van der Waals surface area contributed by atoms with Crippen LogP contribution in [-0.4, -0.2) is 12.2 Å².